The number of sulfone groups is 1. The van der Waals surface area contributed by atoms with Gasteiger partial charge in [0.15, 0.2) is 9.84 Å². The van der Waals surface area contributed by atoms with Gasteiger partial charge in [-0.15, -0.1) is 11.3 Å². The highest BCUT2D eigenvalue weighted by Gasteiger charge is 2.26. The number of benzene rings is 1. The number of hydrogen-bond donors (Lipinski definition) is 2. The number of aryl methyl sites for hydroxylation is 1. The number of carbonyl (C=O) groups is 2. The van der Waals surface area contributed by atoms with Crippen LogP contribution in [0.3, 0.4) is 0 Å². The topological polar surface area (TPSA) is 106 Å². The lowest BCUT2D eigenvalue weighted by molar-refractivity contribution is -0.113. The van der Waals surface area contributed by atoms with E-state index in [0.717, 1.165) is 60.4 Å². The summed E-state index contributed by atoms with van der Waals surface area (Å²) in [5, 5.41) is 2.83. The minimum absolute atomic E-state index is 0.142. The van der Waals surface area contributed by atoms with Gasteiger partial charge in [-0.05, 0) is 55.5 Å². The molecule has 1 heterocycles. The molecule has 1 aromatic heterocycles. The molecule has 9 heteroatoms. The Kier molecular flexibility index (Phi) is 5.61. The number of halogens is 1. The predicted octanol–water partition coefficient (Wildman–Crippen LogP) is 2.67. The highest BCUT2D eigenvalue weighted by Crippen LogP contribution is 2.37. The number of anilines is 1. The number of carbonyl (C=O) groups excluding carboxylic acids is 2. The molecule has 0 radical (unpaired) electrons. The van der Waals surface area contributed by atoms with Gasteiger partial charge in [-0.3, -0.25) is 9.59 Å². The summed E-state index contributed by atoms with van der Waals surface area (Å²) in [4.78, 5) is 25.1. The first-order valence-corrected chi connectivity index (χ1v) is 11.0. The SMILES string of the molecule is NC(=O)c1c(NC(=O)CS(=O)(=O)c2ccc(F)cc2)sc2c1CCCCC2. The van der Waals surface area contributed by atoms with E-state index < -0.39 is 33.2 Å². The normalized spacial score (nSPS) is 14.3. The maximum atomic E-state index is 13.0. The quantitative estimate of drug-likeness (QED) is 0.584. The average molecular weight is 410 g/mol. The van der Waals surface area contributed by atoms with Gasteiger partial charge in [0.05, 0.1) is 10.5 Å². The summed E-state index contributed by atoms with van der Waals surface area (Å²) in [6.07, 6.45) is 4.53. The summed E-state index contributed by atoms with van der Waals surface area (Å²) in [6.45, 7) is 0. The molecule has 27 heavy (non-hydrogen) atoms. The Morgan fingerprint density at radius 1 is 1.11 bits per heavy atom. The van der Waals surface area contributed by atoms with Crippen molar-refractivity contribution in [3.8, 4) is 0 Å². The van der Waals surface area contributed by atoms with E-state index in [-0.39, 0.29) is 10.5 Å². The van der Waals surface area contributed by atoms with Gasteiger partial charge < -0.3 is 11.1 Å². The first-order valence-electron chi connectivity index (χ1n) is 8.50. The number of hydrogen-bond acceptors (Lipinski definition) is 5. The zero-order valence-corrected chi connectivity index (χ0v) is 16.1. The van der Waals surface area contributed by atoms with Crippen molar-refractivity contribution >= 4 is 38.0 Å². The second-order valence-corrected chi connectivity index (χ2v) is 9.49. The fourth-order valence-corrected chi connectivity index (χ4v) is 5.60. The van der Waals surface area contributed by atoms with E-state index in [1.807, 2.05) is 0 Å². The molecular formula is C18H19FN2O4S2. The smallest absolute Gasteiger partial charge is 0.251 e. The Bertz CT molecular complexity index is 982. The maximum absolute atomic E-state index is 13.0. The largest absolute Gasteiger partial charge is 0.365 e. The van der Waals surface area contributed by atoms with Crippen LogP contribution in [-0.2, 0) is 27.5 Å². The van der Waals surface area contributed by atoms with Gasteiger partial charge in [0, 0.05) is 4.88 Å². The van der Waals surface area contributed by atoms with Crippen LogP contribution in [0.1, 0.15) is 40.1 Å². The van der Waals surface area contributed by atoms with Crippen molar-refractivity contribution < 1.29 is 22.4 Å². The monoisotopic (exact) mass is 410 g/mol. The third kappa shape index (κ3) is 4.36. The Labute approximate surface area is 160 Å². The van der Waals surface area contributed by atoms with Crippen LogP contribution >= 0.6 is 11.3 Å². The van der Waals surface area contributed by atoms with E-state index >= 15 is 0 Å². The zero-order chi connectivity index (χ0) is 19.6. The number of thiophene rings is 1. The summed E-state index contributed by atoms with van der Waals surface area (Å²) in [5.41, 5.74) is 6.65. The van der Waals surface area contributed by atoms with Crippen LogP contribution in [-0.4, -0.2) is 26.0 Å². The first-order chi connectivity index (χ1) is 12.8. The van der Waals surface area contributed by atoms with Gasteiger partial charge in [-0.2, -0.15) is 0 Å². The molecule has 0 saturated heterocycles. The van der Waals surface area contributed by atoms with Crippen LogP contribution < -0.4 is 11.1 Å². The van der Waals surface area contributed by atoms with Gasteiger partial charge >= 0.3 is 0 Å². The second-order valence-electron chi connectivity index (χ2n) is 6.39. The molecule has 1 aromatic carbocycles. The number of fused-ring (bicyclic) bond motifs is 1. The van der Waals surface area contributed by atoms with Crippen LogP contribution in [0.25, 0.3) is 0 Å². The van der Waals surface area contributed by atoms with Crippen LogP contribution in [0.2, 0.25) is 0 Å². The molecule has 0 spiro atoms. The maximum Gasteiger partial charge on any atom is 0.251 e. The third-order valence-electron chi connectivity index (χ3n) is 4.41. The number of nitrogens with one attached hydrogen (secondary N) is 1. The Hall–Kier alpha value is -2.26. The zero-order valence-electron chi connectivity index (χ0n) is 14.5. The van der Waals surface area contributed by atoms with Gasteiger partial charge in [-0.25, -0.2) is 12.8 Å². The van der Waals surface area contributed by atoms with E-state index in [1.54, 1.807) is 0 Å². The fourth-order valence-electron chi connectivity index (χ4n) is 3.15. The summed E-state index contributed by atoms with van der Waals surface area (Å²) in [7, 11) is -3.93. The number of rotatable bonds is 5. The molecule has 1 aliphatic rings. The van der Waals surface area contributed by atoms with Crippen molar-refractivity contribution in [3.05, 3.63) is 46.1 Å². The molecule has 6 nitrogen and oxygen atoms in total. The standard InChI is InChI=1S/C18H19FN2O4S2/c19-11-6-8-12(9-7-11)27(24,25)10-15(22)21-18-16(17(20)23)13-4-2-1-3-5-14(13)26-18/h6-9H,1-5,10H2,(H2,20,23)(H,21,22). The Morgan fingerprint density at radius 2 is 1.78 bits per heavy atom. The highest BCUT2D eigenvalue weighted by molar-refractivity contribution is 7.92. The van der Waals surface area contributed by atoms with E-state index in [9.17, 15) is 22.4 Å². The van der Waals surface area contributed by atoms with E-state index in [4.69, 9.17) is 5.73 Å². The lowest BCUT2D eigenvalue weighted by Crippen LogP contribution is -2.24. The number of amides is 2. The molecule has 0 saturated carbocycles. The Morgan fingerprint density at radius 3 is 2.44 bits per heavy atom. The molecule has 2 amide bonds. The third-order valence-corrected chi connectivity index (χ3v) is 7.25. The molecule has 0 atom stereocenters. The molecule has 0 fully saturated rings. The molecule has 3 rings (SSSR count). The lowest BCUT2D eigenvalue weighted by atomic mass is 10.1. The van der Waals surface area contributed by atoms with Gasteiger partial charge in [0.25, 0.3) is 5.91 Å². The summed E-state index contributed by atoms with van der Waals surface area (Å²) >= 11 is 1.28. The van der Waals surface area contributed by atoms with Gasteiger partial charge in [0.2, 0.25) is 5.91 Å². The van der Waals surface area contributed by atoms with Crippen molar-refractivity contribution in [2.45, 2.75) is 37.0 Å². The average Bonchev–Trinajstić information content (AvgIpc) is 2.76. The number of primary amides is 1. The number of nitrogens with two attached hydrogens (primary N) is 1. The molecule has 2 aromatic rings. The van der Waals surface area contributed by atoms with Crippen molar-refractivity contribution in [1.82, 2.24) is 0 Å². The molecule has 0 aliphatic heterocycles. The summed E-state index contributed by atoms with van der Waals surface area (Å²) < 4.78 is 37.6. The van der Waals surface area contributed by atoms with Crippen LogP contribution in [0.5, 0.6) is 0 Å². The molecule has 3 N–H and O–H groups in total. The predicted molar refractivity (Wildman–Crippen MR) is 101 cm³/mol. The molecular weight excluding hydrogens is 391 g/mol. The summed E-state index contributed by atoms with van der Waals surface area (Å²) in [5.74, 6) is -2.77. The van der Waals surface area contributed by atoms with Crippen molar-refractivity contribution in [1.29, 1.82) is 0 Å². The second kappa shape index (κ2) is 7.77. The van der Waals surface area contributed by atoms with Crippen LogP contribution in [0.15, 0.2) is 29.2 Å². The van der Waals surface area contributed by atoms with E-state index in [2.05, 4.69) is 5.32 Å². The molecule has 0 unspecified atom stereocenters. The van der Waals surface area contributed by atoms with Crippen molar-refractivity contribution in [2.24, 2.45) is 5.73 Å². The molecule has 0 bridgehead atoms. The highest BCUT2D eigenvalue weighted by atomic mass is 32.2. The first kappa shape index (κ1) is 19.5. The fraction of sp³-hybridized carbons (Fsp3) is 0.333. The van der Waals surface area contributed by atoms with Crippen molar-refractivity contribution in [2.75, 3.05) is 11.1 Å². The summed E-state index contributed by atoms with van der Waals surface area (Å²) in [6, 6.07) is 4.26. The van der Waals surface area contributed by atoms with Gasteiger partial charge in [-0.1, -0.05) is 6.42 Å². The van der Waals surface area contributed by atoms with Crippen LogP contribution in [0, 0.1) is 5.82 Å². The van der Waals surface area contributed by atoms with E-state index in [1.165, 1.54) is 11.3 Å². The lowest BCUT2D eigenvalue weighted by Gasteiger charge is -2.07. The van der Waals surface area contributed by atoms with Crippen molar-refractivity contribution in [3.63, 3.8) is 0 Å². The molecule has 144 valence electrons. The van der Waals surface area contributed by atoms with Crippen LogP contribution in [0.4, 0.5) is 9.39 Å². The minimum Gasteiger partial charge on any atom is -0.365 e. The minimum atomic E-state index is -3.93. The van der Waals surface area contributed by atoms with Gasteiger partial charge in [0.1, 0.15) is 16.6 Å². The Balaban J connectivity index is 1.82. The van der Waals surface area contributed by atoms with E-state index in [0.29, 0.717) is 11.4 Å². The molecule has 1 aliphatic carbocycles.